The summed E-state index contributed by atoms with van der Waals surface area (Å²) in [6.07, 6.45) is 1.65. The third kappa shape index (κ3) is 2.82. The third-order valence-corrected chi connectivity index (χ3v) is 3.98. The number of amides is 1. The van der Waals surface area contributed by atoms with Crippen LogP contribution in [0.25, 0.3) is 0 Å². The molecule has 3 fully saturated rings. The Morgan fingerprint density at radius 1 is 1.41 bits per heavy atom. The summed E-state index contributed by atoms with van der Waals surface area (Å²) in [7, 11) is 0. The van der Waals surface area contributed by atoms with E-state index in [2.05, 4.69) is 9.97 Å². The van der Waals surface area contributed by atoms with Crippen molar-refractivity contribution in [3.8, 4) is 0 Å². The number of rotatable bonds is 1. The quantitative estimate of drug-likeness (QED) is 0.741. The molecule has 4 heterocycles. The number of fused-ring (bicyclic) bond motifs is 2. The van der Waals surface area contributed by atoms with Gasteiger partial charge in [-0.1, -0.05) is 0 Å². The standard InChI is InChI=1S/C14H18ClFN4O2/c1-14(2,3)22-13(21)20-8-4-9(20)7-19(6-8)11-10(16)5-17-12(15)18-11/h5,8-9H,4,6-7H2,1-3H3. The van der Waals surface area contributed by atoms with Crippen molar-refractivity contribution in [3.05, 3.63) is 17.3 Å². The molecule has 1 amide bonds. The van der Waals surface area contributed by atoms with E-state index >= 15 is 0 Å². The van der Waals surface area contributed by atoms with Gasteiger partial charge < -0.3 is 9.64 Å². The monoisotopic (exact) mass is 328 g/mol. The molecular weight excluding hydrogens is 311 g/mol. The summed E-state index contributed by atoms with van der Waals surface area (Å²) in [5.74, 6) is -0.312. The van der Waals surface area contributed by atoms with Crippen molar-refractivity contribution in [2.75, 3.05) is 18.0 Å². The van der Waals surface area contributed by atoms with Gasteiger partial charge in [-0.15, -0.1) is 0 Å². The van der Waals surface area contributed by atoms with Crippen LogP contribution < -0.4 is 4.90 Å². The molecule has 0 spiro atoms. The molecule has 3 aliphatic rings. The van der Waals surface area contributed by atoms with E-state index in [0.29, 0.717) is 13.1 Å². The highest BCUT2D eigenvalue weighted by Crippen LogP contribution is 2.36. The predicted molar refractivity (Wildman–Crippen MR) is 79.5 cm³/mol. The third-order valence-electron chi connectivity index (χ3n) is 3.79. The summed E-state index contributed by atoms with van der Waals surface area (Å²) < 4.78 is 19.3. The fraction of sp³-hybridized carbons (Fsp3) is 0.643. The number of piperidine rings is 1. The van der Waals surface area contributed by atoms with Crippen LogP contribution in [-0.2, 0) is 4.74 Å². The van der Waals surface area contributed by atoms with Crippen molar-refractivity contribution in [2.24, 2.45) is 0 Å². The lowest BCUT2D eigenvalue weighted by molar-refractivity contribution is -0.0381. The molecule has 3 saturated heterocycles. The first-order valence-electron chi connectivity index (χ1n) is 7.19. The van der Waals surface area contributed by atoms with E-state index in [0.717, 1.165) is 12.6 Å². The average Bonchev–Trinajstić information content (AvgIpc) is 2.39. The number of carbonyl (C=O) groups excluding carboxylic acids is 1. The molecule has 0 N–H and O–H groups in total. The Hall–Kier alpha value is -1.63. The van der Waals surface area contributed by atoms with Crippen LogP contribution in [0.4, 0.5) is 15.0 Å². The number of aromatic nitrogens is 2. The van der Waals surface area contributed by atoms with Gasteiger partial charge in [-0.05, 0) is 38.8 Å². The van der Waals surface area contributed by atoms with Gasteiger partial charge in [0.15, 0.2) is 11.6 Å². The molecule has 2 atom stereocenters. The van der Waals surface area contributed by atoms with Crippen molar-refractivity contribution in [1.82, 2.24) is 14.9 Å². The van der Waals surface area contributed by atoms with Gasteiger partial charge in [-0.25, -0.2) is 14.2 Å². The molecular formula is C14H18ClFN4O2. The van der Waals surface area contributed by atoms with Crippen LogP contribution in [0.15, 0.2) is 6.20 Å². The molecule has 2 bridgehead atoms. The summed E-state index contributed by atoms with van der Waals surface area (Å²) in [6.45, 7) is 6.54. The Kier molecular flexibility index (Phi) is 3.63. The first kappa shape index (κ1) is 15.3. The Morgan fingerprint density at radius 3 is 2.64 bits per heavy atom. The van der Waals surface area contributed by atoms with Crippen LogP contribution in [0.5, 0.6) is 0 Å². The average molecular weight is 329 g/mol. The van der Waals surface area contributed by atoms with E-state index < -0.39 is 11.4 Å². The van der Waals surface area contributed by atoms with E-state index in [9.17, 15) is 9.18 Å². The van der Waals surface area contributed by atoms with E-state index in [1.165, 1.54) is 0 Å². The van der Waals surface area contributed by atoms with Crippen LogP contribution in [0, 0.1) is 5.82 Å². The molecule has 120 valence electrons. The van der Waals surface area contributed by atoms with Crippen LogP contribution in [0.2, 0.25) is 5.28 Å². The molecule has 0 aliphatic carbocycles. The fourth-order valence-electron chi connectivity index (χ4n) is 2.95. The second kappa shape index (κ2) is 5.22. The Bertz CT molecular complexity index is 595. The maximum atomic E-state index is 13.8. The van der Waals surface area contributed by atoms with E-state index in [-0.39, 0.29) is 29.3 Å². The number of ether oxygens (including phenoxy) is 1. The highest BCUT2D eigenvalue weighted by Gasteiger charge is 2.49. The zero-order valence-corrected chi connectivity index (χ0v) is 13.5. The number of carbonyl (C=O) groups is 1. The number of hydrogen-bond acceptors (Lipinski definition) is 5. The molecule has 1 aromatic heterocycles. The van der Waals surface area contributed by atoms with Crippen LogP contribution >= 0.6 is 11.6 Å². The zero-order chi connectivity index (χ0) is 16.1. The van der Waals surface area contributed by atoms with Gasteiger partial charge in [0.25, 0.3) is 0 Å². The van der Waals surface area contributed by atoms with Gasteiger partial charge in [0.05, 0.1) is 18.3 Å². The van der Waals surface area contributed by atoms with Crippen LogP contribution in [0.1, 0.15) is 27.2 Å². The normalized spacial score (nSPS) is 24.0. The second-order valence-corrected chi connectivity index (χ2v) is 6.98. The van der Waals surface area contributed by atoms with Gasteiger partial charge in [0, 0.05) is 13.1 Å². The van der Waals surface area contributed by atoms with Gasteiger partial charge >= 0.3 is 6.09 Å². The number of nitrogens with zero attached hydrogens (tertiary/aromatic N) is 4. The summed E-state index contributed by atoms with van der Waals surface area (Å²) >= 11 is 5.74. The molecule has 22 heavy (non-hydrogen) atoms. The molecule has 0 radical (unpaired) electrons. The topological polar surface area (TPSA) is 58.6 Å². The fourth-order valence-corrected chi connectivity index (χ4v) is 3.08. The van der Waals surface area contributed by atoms with Gasteiger partial charge in [-0.3, -0.25) is 4.90 Å². The molecule has 0 aromatic carbocycles. The summed E-state index contributed by atoms with van der Waals surface area (Å²) in [5, 5.41) is 0.0136. The maximum Gasteiger partial charge on any atom is 0.410 e. The van der Waals surface area contributed by atoms with Crippen LogP contribution in [0.3, 0.4) is 0 Å². The highest BCUT2D eigenvalue weighted by atomic mass is 35.5. The van der Waals surface area contributed by atoms with E-state index in [1.54, 1.807) is 4.90 Å². The van der Waals surface area contributed by atoms with Crippen molar-refractivity contribution in [2.45, 2.75) is 44.9 Å². The molecule has 6 nitrogen and oxygen atoms in total. The second-order valence-electron chi connectivity index (χ2n) is 6.65. The molecule has 4 rings (SSSR count). The van der Waals surface area contributed by atoms with Gasteiger partial charge in [-0.2, -0.15) is 4.98 Å². The van der Waals surface area contributed by atoms with E-state index in [4.69, 9.17) is 16.3 Å². The number of piperazine rings is 1. The molecule has 8 heteroatoms. The van der Waals surface area contributed by atoms with Crippen molar-refractivity contribution in [3.63, 3.8) is 0 Å². The number of hydrogen-bond donors (Lipinski definition) is 0. The number of anilines is 1. The van der Waals surface area contributed by atoms with Crippen LogP contribution in [-0.4, -0.2) is 51.7 Å². The van der Waals surface area contributed by atoms with Crippen molar-refractivity contribution < 1.29 is 13.9 Å². The van der Waals surface area contributed by atoms with Gasteiger partial charge in [0.2, 0.25) is 5.28 Å². The first-order valence-corrected chi connectivity index (χ1v) is 7.57. The Balaban J connectivity index is 1.70. The first-order chi connectivity index (χ1) is 10.2. The summed E-state index contributed by atoms with van der Waals surface area (Å²) in [5.41, 5.74) is -0.521. The minimum Gasteiger partial charge on any atom is -0.444 e. The molecule has 1 aromatic rings. The molecule has 2 unspecified atom stereocenters. The largest absolute Gasteiger partial charge is 0.444 e. The van der Waals surface area contributed by atoms with E-state index in [1.807, 2.05) is 25.7 Å². The lowest BCUT2D eigenvalue weighted by Crippen LogP contribution is -2.70. The summed E-state index contributed by atoms with van der Waals surface area (Å²) in [6, 6.07) is 0.0310. The number of halogens is 2. The van der Waals surface area contributed by atoms with Crippen molar-refractivity contribution in [1.29, 1.82) is 0 Å². The highest BCUT2D eigenvalue weighted by molar-refractivity contribution is 6.28. The summed E-state index contributed by atoms with van der Waals surface area (Å²) in [4.78, 5) is 23.3. The SMILES string of the molecule is CC(C)(C)OC(=O)N1C2CC1CN(c1nc(Cl)ncc1F)C2. The van der Waals surface area contributed by atoms with Crippen molar-refractivity contribution >= 4 is 23.5 Å². The zero-order valence-electron chi connectivity index (χ0n) is 12.7. The Morgan fingerprint density at radius 2 is 2.05 bits per heavy atom. The smallest absolute Gasteiger partial charge is 0.410 e. The lowest BCUT2D eigenvalue weighted by Gasteiger charge is -2.55. The lowest BCUT2D eigenvalue weighted by atomic mass is 9.88. The predicted octanol–water partition coefficient (Wildman–Crippen LogP) is 2.47. The molecule has 3 aliphatic heterocycles. The van der Waals surface area contributed by atoms with Gasteiger partial charge in [0.1, 0.15) is 5.60 Å². The maximum absolute atomic E-state index is 13.8. The minimum absolute atomic E-state index is 0.0136. The minimum atomic E-state index is -0.521. The molecule has 0 saturated carbocycles. The Labute approximate surface area is 133 Å².